The van der Waals surface area contributed by atoms with Gasteiger partial charge < -0.3 is 0 Å². The van der Waals surface area contributed by atoms with E-state index >= 15 is 0 Å². The van der Waals surface area contributed by atoms with E-state index in [0.717, 1.165) is 11.1 Å². The van der Waals surface area contributed by atoms with Gasteiger partial charge in [-0.25, -0.2) is 0 Å². The van der Waals surface area contributed by atoms with Gasteiger partial charge in [0.05, 0.1) is 0 Å². The number of rotatable bonds is 2. The lowest BCUT2D eigenvalue weighted by Gasteiger charge is -2.09. The highest BCUT2D eigenvalue weighted by Gasteiger charge is 2.04. The molecule has 2 aromatic carbocycles. The van der Waals surface area contributed by atoms with Gasteiger partial charge in [-0.2, -0.15) is 0 Å². The second kappa shape index (κ2) is 4.31. The Morgan fingerprint density at radius 3 is 2.31 bits per heavy atom. The Labute approximate surface area is 97.1 Å². The van der Waals surface area contributed by atoms with E-state index in [2.05, 4.69) is 19.1 Å². The number of hydrogen-bond acceptors (Lipinski definition) is 1. The van der Waals surface area contributed by atoms with Crippen molar-refractivity contribution in [1.29, 1.82) is 0 Å². The second-order valence-electron chi connectivity index (χ2n) is 3.95. The third-order valence-corrected chi connectivity index (χ3v) is 2.78. The molecule has 0 atom stereocenters. The maximum atomic E-state index is 11.0. The van der Waals surface area contributed by atoms with Crippen molar-refractivity contribution in [2.45, 2.75) is 13.8 Å². The molecule has 0 amide bonds. The Morgan fingerprint density at radius 1 is 1.00 bits per heavy atom. The third-order valence-electron chi connectivity index (χ3n) is 2.78. The summed E-state index contributed by atoms with van der Waals surface area (Å²) in [5.41, 5.74) is 4.97. The molecule has 0 spiro atoms. The average molecular weight is 212 g/mol. The van der Waals surface area contributed by atoms with Gasteiger partial charge >= 0.3 is 0 Å². The Kier molecular flexibility index (Phi) is 2.52. The Hall–Kier alpha value is -1.89. The van der Waals surface area contributed by atoms with E-state index in [1.165, 1.54) is 11.1 Å². The number of hydrogen-bond donors (Lipinski definition) is 0. The number of aldehydes is 1. The van der Waals surface area contributed by atoms with Gasteiger partial charge in [-0.1, -0.05) is 36.4 Å². The van der Waals surface area contributed by atoms with E-state index < -0.39 is 6.26 Å². The Balaban J connectivity index is 2.55. The van der Waals surface area contributed by atoms with Crippen molar-refractivity contribution in [3.8, 4) is 11.1 Å². The first-order chi connectivity index (χ1) is 8.09. The van der Waals surface area contributed by atoms with Crippen molar-refractivity contribution in [3.63, 3.8) is 0 Å². The summed E-state index contributed by atoms with van der Waals surface area (Å²) in [6, 6.07) is 13.6. The summed E-state index contributed by atoms with van der Waals surface area (Å²) >= 11 is 0. The van der Waals surface area contributed by atoms with Crippen molar-refractivity contribution >= 4 is 6.26 Å². The molecule has 0 aromatic heterocycles. The molecule has 1 nitrogen and oxygen atoms in total. The molecule has 0 heterocycles. The van der Waals surface area contributed by atoms with Gasteiger partial charge in [-0.15, -0.1) is 0 Å². The zero-order valence-electron chi connectivity index (χ0n) is 10.4. The standard InChI is InChI=1S/C15H14O/c1-11-5-3-4-6-14(11)15-8-7-13(10-16)9-12(15)2/h3-10H,1-2H3/i10T. The van der Waals surface area contributed by atoms with Gasteiger partial charge in [0.2, 0.25) is 0 Å². The predicted molar refractivity (Wildman–Crippen MR) is 66.7 cm³/mol. The van der Waals surface area contributed by atoms with Crippen LogP contribution in [0.5, 0.6) is 0 Å². The fourth-order valence-electron chi connectivity index (χ4n) is 1.90. The van der Waals surface area contributed by atoms with Gasteiger partial charge in [0.25, 0.3) is 0 Å². The van der Waals surface area contributed by atoms with E-state index in [9.17, 15) is 4.79 Å². The molecule has 16 heavy (non-hydrogen) atoms. The van der Waals surface area contributed by atoms with Crippen LogP contribution in [0.3, 0.4) is 0 Å². The quantitative estimate of drug-likeness (QED) is 0.692. The van der Waals surface area contributed by atoms with Crippen LogP contribution >= 0.6 is 0 Å². The zero-order chi connectivity index (χ0) is 12.4. The predicted octanol–water partition coefficient (Wildman–Crippen LogP) is 3.78. The number of carbonyl (C=O) groups is 1. The van der Waals surface area contributed by atoms with Crippen LogP contribution in [0.2, 0.25) is 0 Å². The SMILES string of the molecule is [3H]C(=O)c1ccc(-c2ccccc2C)c(C)c1. The van der Waals surface area contributed by atoms with Crippen LogP contribution in [0.4, 0.5) is 0 Å². The van der Waals surface area contributed by atoms with E-state index in [4.69, 9.17) is 1.37 Å². The van der Waals surface area contributed by atoms with Crippen LogP contribution in [0.1, 0.15) is 22.9 Å². The molecule has 0 bridgehead atoms. The summed E-state index contributed by atoms with van der Waals surface area (Å²) in [5, 5.41) is 0. The van der Waals surface area contributed by atoms with Gasteiger partial charge in [-0.05, 0) is 42.2 Å². The highest BCUT2D eigenvalue weighted by atomic mass is 16.1. The molecule has 0 radical (unpaired) electrons. The fraction of sp³-hybridized carbons (Fsp3) is 0.133. The normalized spacial score (nSPS) is 11.0. The first-order valence-electron chi connectivity index (χ1n) is 5.77. The van der Waals surface area contributed by atoms with Crippen LogP contribution in [-0.2, 0) is 0 Å². The van der Waals surface area contributed by atoms with Gasteiger partial charge in [0.1, 0.15) is 7.63 Å². The highest BCUT2D eigenvalue weighted by Crippen LogP contribution is 2.26. The number of carbonyl (C=O) groups excluding carboxylic acids is 1. The molecule has 0 unspecified atom stereocenters. The summed E-state index contributed by atoms with van der Waals surface area (Å²) in [6.07, 6.45) is -0.635. The summed E-state index contributed by atoms with van der Waals surface area (Å²) in [4.78, 5) is 11.0. The summed E-state index contributed by atoms with van der Waals surface area (Å²) in [6.45, 7) is 4.03. The summed E-state index contributed by atoms with van der Waals surface area (Å²) in [5.74, 6) is 0. The fourth-order valence-corrected chi connectivity index (χ4v) is 1.90. The van der Waals surface area contributed by atoms with Crippen LogP contribution in [0.25, 0.3) is 11.1 Å². The second-order valence-corrected chi connectivity index (χ2v) is 3.95. The molecule has 2 rings (SSSR count). The molecular formula is C15H14O. The van der Waals surface area contributed by atoms with Crippen LogP contribution in [0.15, 0.2) is 42.5 Å². The molecule has 0 N–H and O–H groups in total. The molecule has 2 aromatic rings. The van der Waals surface area contributed by atoms with Crippen molar-refractivity contribution < 1.29 is 6.17 Å². The van der Waals surface area contributed by atoms with Crippen molar-refractivity contribution in [2.75, 3.05) is 0 Å². The molecular weight excluding hydrogens is 196 g/mol. The maximum absolute atomic E-state index is 11.0. The molecule has 0 aliphatic carbocycles. The largest absolute Gasteiger partial charge is 0.298 e. The molecule has 80 valence electrons. The first-order valence-corrected chi connectivity index (χ1v) is 5.27. The van der Waals surface area contributed by atoms with E-state index in [1.54, 1.807) is 12.1 Å². The van der Waals surface area contributed by atoms with Crippen LogP contribution in [0, 0.1) is 13.8 Å². The summed E-state index contributed by atoms with van der Waals surface area (Å²) in [7, 11) is 0. The minimum atomic E-state index is -0.635. The van der Waals surface area contributed by atoms with Gasteiger partial charge in [-0.3, -0.25) is 4.79 Å². The molecule has 0 saturated carbocycles. The van der Waals surface area contributed by atoms with Gasteiger partial charge in [0, 0.05) is 5.56 Å². The minimum absolute atomic E-state index is 0.444. The Morgan fingerprint density at radius 2 is 1.69 bits per heavy atom. The van der Waals surface area contributed by atoms with Crippen LogP contribution < -0.4 is 0 Å². The van der Waals surface area contributed by atoms with Crippen molar-refractivity contribution in [1.82, 2.24) is 0 Å². The molecule has 0 aliphatic rings. The number of benzene rings is 2. The molecule has 0 aliphatic heterocycles. The summed E-state index contributed by atoms with van der Waals surface area (Å²) < 4.78 is 7.09. The lowest BCUT2D eigenvalue weighted by molar-refractivity contribution is 0.112. The van der Waals surface area contributed by atoms with E-state index in [1.807, 2.05) is 25.1 Å². The monoisotopic (exact) mass is 212 g/mol. The average Bonchev–Trinajstić information content (AvgIpc) is 2.30. The minimum Gasteiger partial charge on any atom is -0.298 e. The highest BCUT2D eigenvalue weighted by molar-refractivity contribution is 5.79. The molecule has 1 heteroatoms. The van der Waals surface area contributed by atoms with E-state index in [-0.39, 0.29) is 0 Å². The topological polar surface area (TPSA) is 17.1 Å². The Bertz CT molecular complexity index is 573. The first kappa shape index (κ1) is 9.34. The smallest absolute Gasteiger partial charge is 0.150 e. The van der Waals surface area contributed by atoms with Crippen LogP contribution in [-0.4, -0.2) is 6.26 Å². The lowest BCUT2D eigenvalue weighted by Crippen LogP contribution is -1.89. The third kappa shape index (κ3) is 1.89. The zero-order valence-corrected chi connectivity index (χ0v) is 9.45. The number of aryl methyl sites for hydroxylation is 2. The molecule has 0 saturated heterocycles. The van der Waals surface area contributed by atoms with Crippen molar-refractivity contribution in [2.24, 2.45) is 0 Å². The molecule has 0 fully saturated rings. The van der Waals surface area contributed by atoms with E-state index in [0.29, 0.717) is 5.56 Å². The lowest BCUT2D eigenvalue weighted by atomic mass is 9.95. The van der Waals surface area contributed by atoms with Gasteiger partial charge in [0.15, 0.2) is 0 Å². The van der Waals surface area contributed by atoms with Crippen molar-refractivity contribution in [3.05, 3.63) is 59.2 Å². The maximum Gasteiger partial charge on any atom is 0.150 e.